The van der Waals surface area contributed by atoms with Crippen molar-refractivity contribution in [3.63, 3.8) is 0 Å². The topological polar surface area (TPSA) is 53.1 Å². The van der Waals surface area contributed by atoms with Crippen molar-refractivity contribution in [3.8, 4) is 5.75 Å². The Kier molecular flexibility index (Phi) is 3.81. The number of methoxy groups -OCH3 is 1. The molecule has 0 saturated carbocycles. The molecule has 0 spiro atoms. The van der Waals surface area contributed by atoms with Crippen molar-refractivity contribution < 1.29 is 4.74 Å². The predicted molar refractivity (Wildman–Crippen MR) is 74.2 cm³/mol. The first-order chi connectivity index (χ1) is 8.67. The number of hydrogen-bond donors (Lipinski definition) is 1. The first-order valence-electron chi connectivity index (χ1n) is 5.81. The summed E-state index contributed by atoms with van der Waals surface area (Å²) in [7, 11) is 1.67. The van der Waals surface area contributed by atoms with Crippen molar-refractivity contribution in [2.45, 2.75) is 30.3 Å². The fraction of sp³-hybridized carbons (Fsp3) is 0.308. The number of para-hydroxylation sites is 1. The van der Waals surface area contributed by atoms with E-state index in [1.165, 1.54) is 0 Å². The van der Waals surface area contributed by atoms with Crippen LogP contribution < -0.4 is 10.5 Å². The molecule has 2 aromatic rings. The standard InChI is InChI=1S/C13H17N3OS/c1-4-16-13(12(14)9(2)15-16)18-11-8-6-5-7-10(11)17-3/h5-8H,4,14H2,1-3H3. The van der Waals surface area contributed by atoms with Gasteiger partial charge in [0.15, 0.2) is 0 Å². The highest BCUT2D eigenvalue weighted by atomic mass is 32.2. The van der Waals surface area contributed by atoms with Gasteiger partial charge in [0.05, 0.1) is 23.4 Å². The molecule has 0 amide bonds. The Morgan fingerprint density at radius 2 is 2.11 bits per heavy atom. The Hall–Kier alpha value is -1.62. The van der Waals surface area contributed by atoms with Gasteiger partial charge in [-0.25, -0.2) is 0 Å². The van der Waals surface area contributed by atoms with Crippen molar-refractivity contribution in [2.24, 2.45) is 0 Å². The van der Waals surface area contributed by atoms with Gasteiger partial charge >= 0.3 is 0 Å². The van der Waals surface area contributed by atoms with Crippen LogP contribution >= 0.6 is 11.8 Å². The molecule has 0 aliphatic heterocycles. The Morgan fingerprint density at radius 3 is 2.78 bits per heavy atom. The summed E-state index contributed by atoms with van der Waals surface area (Å²) in [5, 5.41) is 5.38. The van der Waals surface area contributed by atoms with Crippen LogP contribution in [0.1, 0.15) is 12.6 Å². The zero-order valence-corrected chi connectivity index (χ0v) is 11.6. The van der Waals surface area contributed by atoms with E-state index >= 15 is 0 Å². The number of anilines is 1. The Morgan fingerprint density at radius 1 is 1.39 bits per heavy atom. The monoisotopic (exact) mass is 263 g/mol. The van der Waals surface area contributed by atoms with Crippen molar-refractivity contribution >= 4 is 17.4 Å². The largest absolute Gasteiger partial charge is 0.496 e. The van der Waals surface area contributed by atoms with Crippen LogP contribution in [-0.2, 0) is 6.54 Å². The summed E-state index contributed by atoms with van der Waals surface area (Å²) < 4.78 is 7.26. The molecule has 0 bridgehead atoms. The Bertz CT molecular complexity index is 551. The minimum absolute atomic E-state index is 0.743. The molecule has 1 heterocycles. The summed E-state index contributed by atoms with van der Waals surface area (Å²) >= 11 is 1.59. The molecular formula is C13H17N3OS. The lowest BCUT2D eigenvalue weighted by molar-refractivity contribution is 0.404. The van der Waals surface area contributed by atoms with Crippen molar-refractivity contribution in [2.75, 3.05) is 12.8 Å². The summed E-state index contributed by atoms with van der Waals surface area (Å²) in [6, 6.07) is 7.90. The number of benzene rings is 1. The van der Waals surface area contributed by atoms with Gasteiger partial charge in [-0.2, -0.15) is 5.10 Å². The lowest BCUT2D eigenvalue weighted by Gasteiger charge is -2.09. The molecular weight excluding hydrogens is 246 g/mol. The van der Waals surface area contributed by atoms with Gasteiger partial charge in [0.2, 0.25) is 0 Å². The highest BCUT2D eigenvalue weighted by Crippen LogP contribution is 2.38. The number of ether oxygens (including phenoxy) is 1. The summed E-state index contributed by atoms with van der Waals surface area (Å²) in [6.07, 6.45) is 0. The van der Waals surface area contributed by atoms with Gasteiger partial charge in [-0.3, -0.25) is 4.68 Å². The first-order valence-corrected chi connectivity index (χ1v) is 6.62. The molecule has 1 aromatic heterocycles. The second kappa shape index (κ2) is 5.35. The van der Waals surface area contributed by atoms with Gasteiger partial charge < -0.3 is 10.5 Å². The smallest absolute Gasteiger partial charge is 0.132 e. The van der Waals surface area contributed by atoms with E-state index in [9.17, 15) is 0 Å². The average Bonchev–Trinajstić information content (AvgIpc) is 2.67. The molecule has 4 nitrogen and oxygen atoms in total. The second-order valence-electron chi connectivity index (χ2n) is 3.87. The molecule has 0 radical (unpaired) electrons. The van der Waals surface area contributed by atoms with Crippen LogP contribution in [0.25, 0.3) is 0 Å². The van der Waals surface area contributed by atoms with E-state index < -0.39 is 0 Å². The minimum atomic E-state index is 0.743. The molecule has 0 unspecified atom stereocenters. The Balaban J connectivity index is 2.39. The fourth-order valence-electron chi connectivity index (χ4n) is 1.70. The number of nitrogens with zero attached hydrogens (tertiary/aromatic N) is 2. The van der Waals surface area contributed by atoms with Crippen LogP contribution in [0.2, 0.25) is 0 Å². The van der Waals surface area contributed by atoms with E-state index in [0.29, 0.717) is 0 Å². The fourth-order valence-corrected chi connectivity index (χ4v) is 2.84. The Labute approximate surface area is 111 Å². The van der Waals surface area contributed by atoms with Crippen molar-refractivity contribution in [1.82, 2.24) is 9.78 Å². The quantitative estimate of drug-likeness (QED) is 0.921. The number of rotatable bonds is 4. The molecule has 0 fully saturated rings. The van der Waals surface area contributed by atoms with Crippen LogP contribution in [0.5, 0.6) is 5.75 Å². The zero-order valence-electron chi connectivity index (χ0n) is 10.8. The van der Waals surface area contributed by atoms with Crippen LogP contribution in [0.3, 0.4) is 0 Å². The molecule has 0 saturated heterocycles. The molecule has 2 rings (SSSR count). The summed E-state index contributed by atoms with van der Waals surface area (Å²) in [5.41, 5.74) is 7.69. The molecule has 0 aliphatic rings. The van der Waals surface area contributed by atoms with E-state index in [-0.39, 0.29) is 0 Å². The number of hydrogen-bond acceptors (Lipinski definition) is 4. The zero-order chi connectivity index (χ0) is 13.1. The SMILES string of the molecule is CCn1nc(C)c(N)c1Sc1ccccc1OC. The van der Waals surface area contributed by atoms with Gasteiger partial charge in [0, 0.05) is 6.54 Å². The first kappa shape index (κ1) is 12.8. The number of nitrogen functional groups attached to an aromatic ring is 1. The summed E-state index contributed by atoms with van der Waals surface area (Å²) in [5.74, 6) is 0.850. The van der Waals surface area contributed by atoms with Crippen LogP contribution in [-0.4, -0.2) is 16.9 Å². The van der Waals surface area contributed by atoms with Gasteiger partial charge in [-0.05, 0) is 26.0 Å². The predicted octanol–water partition coefficient (Wildman–Crippen LogP) is 2.95. The van der Waals surface area contributed by atoms with Crippen molar-refractivity contribution in [3.05, 3.63) is 30.0 Å². The number of aryl methyl sites for hydroxylation is 2. The molecule has 96 valence electrons. The molecule has 0 atom stereocenters. The molecule has 2 N–H and O–H groups in total. The van der Waals surface area contributed by atoms with Crippen LogP contribution in [0.4, 0.5) is 5.69 Å². The molecule has 18 heavy (non-hydrogen) atoms. The highest BCUT2D eigenvalue weighted by molar-refractivity contribution is 7.99. The third-order valence-electron chi connectivity index (χ3n) is 2.70. The average molecular weight is 263 g/mol. The maximum Gasteiger partial charge on any atom is 0.132 e. The maximum absolute atomic E-state index is 6.07. The molecule has 1 aromatic carbocycles. The van der Waals surface area contributed by atoms with Gasteiger partial charge in [0.1, 0.15) is 10.8 Å². The lowest BCUT2D eigenvalue weighted by atomic mass is 10.3. The van der Waals surface area contributed by atoms with Gasteiger partial charge in [0.25, 0.3) is 0 Å². The van der Waals surface area contributed by atoms with Crippen molar-refractivity contribution in [1.29, 1.82) is 0 Å². The maximum atomic E-state index is 6.07. The summed E-state index contributed by atoms with van der Waals surface area (Å²) in [4.78, 5) is 1.04. The van der Waals surface area contributed by atoms with E-state index in [2.05, 4.69) is 12.0 Å². The molecule has 0 aliphatic carbocycles. The minimum Gasteiger partial charge on any atom is -0.496 e. The van der Waals surface area contributed by atoms with Crippen LogP contribution in [0.15, 0.2) is 34.2 Å². The van der Waals surface area contributed by atoms with Crippen LogP contribution in [0, 0.1) is 6.92 Å². The van der Waals surface area contributed by atoms with Gasteiger partial charge in [-0.1, -0.05) is 23.9 Å². The van der Waals surface area contributed by atoms with E-state index in [4.69, 9.17) is 10.5 Å². The number of aromatic nitrogens is 2. The third-order valence-corrected chi connectivity index (χ3v) is 3.88. The molecule has 5 heteroatoms. The highest BCUT2D eigenvalue weighted by Gasteiger charge is 2.14. The van der Waals surface area contributed by atoms with E-state index in [1.807, 2.05) is 35.9 Å². The summed E-state index contributed by atoms with van der Waals surface area (Å²) in [6.45, 7) is 4.78. The van der Waals surface area contributed by atoms with Gasteiger partial charge in [-0.15, -0.1) is 0 Å². The lowest BCUT2D eigenvalue weighted by Crippen LogP contribution is -1.99. The van der Waals surface area contributed by atoms with E-state index in [1.54, 1.807) is 18.9 Å². The van der Waals surface area contributed by atoms with E-state index in [0.717, 1.165) is 33.6 Å². The normalized spacial score (nSPS) is 10.6. The second-order valence-corrected chi connectivity index (χ2v) is 4.90. The number of nitrogens with two attached hydrogens (primary N) is 1. The third kappa shape index (κ3) is 2.31.